The molecule has 3 aromatic carbocycles. The third kappa shape index (κ3) is 29.2. The van der Waals surface area contributed by atoms with Crippen molar-refractivity contribution >= 4 is 157 Å². The fourth-order valence-electron chi connectivity index (χ4n) is 12.8. The van der Waals surface area contributed by atoms with E-state index >= 15 is 0 Å². The number of aliphatic carboxylic acids is 5. The van der Waals surface area contributed by atoms with Crippen LogP contribution in [0.1, 0.15) is 120 Å². The number of fused-ring (bicyclic) bond motifs is 3. The topological polar surface area (TPSA) is 682 Å². The lowest BCUT2D eigenvalue weighted by atomic mass is 10.1. The lowest BCUT2D eigenvalue weighted by Crippen LogP contribution is -2.59. The van der Waals surface area contributed by atoms with Crippen molar-refractivity contribution in [3.05, 3.63) is 112 Å². The molecular weight excluding hydrogens is 1700 g/mol. The van der Waals surface area contributed by atoms with Gasteiger partial charge in [0.25, 0.3) is 23.3 Å². The van der Waals surface area contributed by atoms with Gasteiger partial charge in [-0.1, -0.05) is 51.0 Å². The number of aromatic nitrogens is 4. The third-order valence-electron chi connectivity index (χ3n) is 19.0. The average molecular weight is 1790 g/mol. The van der Waals surface area contributed by atoms with Gasteiger partial charge in [-0.25, -0.2) is 24.4 Å². The van der Waals surface area contributed by atoms with E-state index in [1.54, 1.807) is 23.2 Å². The molecule has 3 aliphatic heterocycles. The molecule has 126 heavy (non-hydrogen) atoms. The predicted octanol–water partition coefficient (Wildman–Crippen LogP) is 1.62. The monoisotopic (exact) mass is 1790 g/mol. The van der Waals surface area contributed by atoms with Gasteiger partial charge in [0.2, 0.25) is 35.5 Å². The fourth-order valence-corrected chi connectivity index (χ4v) is 15.0. The highest BCUT2D eigenvalue weighted by molar-refractivity contribution is 8.76. The molecule has 676 valence electrons. The van der Waals surface area contributed by atoms with Crippen LogP contribution in [0, 0.1) is 5.41 Å². The van der Waals surface area contributed by atoms with Gasteiger partial charge in [-0.05, 0) is 94.2 Å². The van der Waals surface area contributed by atoms with Gasteiger partial charge < -0.3 is 118 Å². The number of aromatic amines is 1. The lowest BCUT2D eigenvalue weighted by molar-refractivity contribution is -0.144. The number of nitrogens with two attached hydrogens (primary N) is 2. The Morgan fingerprint density at radius 2 is 1.29 bits per heavy atom. The van der Waals surface area contributed by atoms with Crippen molar-refractivity contribution in [3.63, 3.8) is 0 Å². The minimum Gasteiger partial charge on any atom is -0.493 e. The highest BCUT2D eigenvalue weighted by Gasteiger charge is 2.39. The molecule has 0 saturated carbocycles. The minimum absolute atomic E-state index is 0.0127. The van der Waals surface area contributed by atoms with Gasteiger partial charge >= 0.3 is 35.9 Å². The number of carbonyl (C=O) groups excluding carboxylic acids is 9. The zero-order valence-electron chi connectivity index (χ0n) is 68.4. The van der Waals surface area contributed by atoms with Crippen LogP contribution in [0.15, 0.2) is 94.0 Å². The van der Waals surface area contributed by atoms with E-state index in [0.29, 0.717) is 78.4 Å². The van der Waals surface area contributed by atoms with E-state index in [2.05, 4.69) is 85.8 Å². The van der Waals surface area contributed by atoms with Crippen LogP contribution in [0.4, 0.5) is 27.8 Å². The van der Waals surface area contributed by atoms with E-state index in [1.165, 1.54) is 75.0 Å². The second kappa shape index (κ2) is 47.3. The number of ether oxygens (including phenoxy) is 5. The number of nitrogen functional groups attached to an aromatic ring is 1. The maximum Gasteiger partial charge on any atom is 0.411 e. The number of anilines is 3. The molecule has 2 fully saturated rings. The highest BCUT2D eigenvalue weighted by Crippen LogP contribution is 2.40. The maximum absolute atomic E-state index is 14.4. The summed E-state index contributed by atoms with van der Waals surface area (Å²) >= 11 is 0. The van der Waals surface area contributed by atoms with Gasteiger partial charge in [0.1, 0.15) is 43.4 Å². The molecule has 5 aromatic rings. The number of carbonyl (C=O) groups is 14. The number of benzene rings is 3. The quantitative estimate of drug-likeness (QED) is 0.00657. The number of H-pyrrole nitrogens is 1. The number of guanidine groups is 1. The summed E-state index contributed by atoms with van der Waals surface area (Å²) in [6, 6.07) is -0.772. The summed E-state index contributed by atoms with van der Waals surface area (Å²) in [5.74, 6) is -16.6. The molecular formula is C78H96N20O26S2. The number of aliphatic imine (C=N–C) groups is 1. The van der Waals surface area contributed by atoms with Gasteiger partial charge in [0.15, 0.2) is 40.1 Å². The van der Waals surface area contributed by atoms with Crippen LogP contribution < -0.4 is 83.8 Å². The molecule has 3 aliphatic rings. The van der Waals surface area contributed by atoms with E-state index in [4.69, 9.17) is 45.4 Å². The molecule has 46 nitrogen and oxygen atoms in total. The molecule has 0 aliphatic carbocycles. The fraction of sp³-hybridized carbons (Fsp3) is 0.423. The zero-order valence-corrected chi connectivity index (χ0v) is 70.0. The smallest absolute Gasteiger partial charge is 0.411 e. The zero-order chi connectivity index (χ0) is 91.8. The predicted molar refractivity (Wildman–Crippen MR) is 454 cm³/mol. The van der Waals surface area contributed by atoms with Crippen LogP contribution in [-0.4, -0.2) is 277 Å². The SMILES string of the molecule is C=C1C[C@H]2C=Nc3cc(OCCCCCOc4cc(NC(=O)OCCCSSC[C@H](NC(=O)[C@H](CC(=O)O)NC(=O)[C@H](CC(=O)O)NC(=O)[C@H](CCCNC(=N)N)NC(=O)[C@H](CC(=O)O)NC(=O)CC[C@H](NC(=O)c5ccc(NCc6cnc7nc(N)[nH]c(=O)c7n6)cc5)C(=O)O)C(=O)O)c(C(=O)N5CC(=C)C[C@H]5/C=N/OC)cc4OC)c(OC)cc3C(=O)N2C1. The van der Waals surface area contributed by atoms with Crippen molar-refractivity contribution in [2.45, 2.75) is 138 Å². The van der Waals surface area contributed by atoms with Crippen molar-refractivity contribution in [3.8, 4) is 23.0 Å². The minimum atomic E-state index is -2.21. The number of carboxylic acid groups (broad SMARTS) is 5. The Labute approximate surface area is 725 Å². The molecule has 5 heterocycles. The van der Waals surface area contributed by atoms with E-state index < -0.39 is 175 Å². The van der Waals surface area contributed by atoms with E-state index in [9.17, 15) is 97.5 Å². The number of likely N-dealkylation sites (tertiary alicyclic amines) is 1. The number of nitrogens with one attached hydrogen (secondary N) is 11. The summed E-state index contributed by atoms with van der Waals surface area (Å²) in [5, 5.41) is 82.0. The Morgan fingerprint density at radius 3 is 1.90 bits per heavy atom. The van der Waals surface area contributed by atoms with Crippen molar-refractivity contribution in [1.29, 1.82) is 5.41 Å². The Bertz CT molecular complexity index is 5060. The van der Waals surface area contributed by atoms with E-state index in [-0.39, 0.29) is 115 Å². The Hall–Kier alpha value is -14.4. The summed E-state index contributed by atoms with van der Waals surface area (Å²) in [5.41, 5.74) is 13.6. The van der Waals surface area contributed by atoms with Gasteiger partial charge in [-0.3, -0.25) is 78.2 Å². The van der Waals surface area contributed by atoms with Crippen LogP contribution in [-0.2, 0) is 64.1 Å². The van der Waals surface area contributed by atoms with Gasteiger partial charge in [-0.2, -0.15) is 4.98 Å². The molecule has 0 spiro atoms. The molecule has 2 aromatic heterocycles. The van der Waals surface area contributed by atoms with Crippen molar-refractivity contribution in [2.24, 2.45) is 15.9 Å². The van der Waals surface area contributed by atoms with E-state index in [0.717, 1.165) is 27.2 Å². The standard InChI is InChI=1S/C78H96N20O26S2/c1-39-23-44-34-84-50-27-58(56(119-3)25-46(50)72(112)97(44)36-39)122-19-7-6-8-20-123-59-28-51(47(26-57(59)120-4)73(113)98-37-40(2)24-45(98)35-86-121-5)94-78(118)124-21-10-22-125-126-38-55(75(116)117)93-70(110)54(31-63(104)105)92-69(109)53(30-62(102)103)91-67(107)48(11-9-18-82-76(79)80)89-68(108)52(29-61(100)101)88-60(99)17-16-49(74(114)115)90-66(106)41-12-14-42(15-13-41)83-32-43-33-85-65-64(87-43)71(111)96-77(81)95-65/h12-15,25-28,33-35,44-45,48-49,52-55,83H,1-2,6-11,16-24,29-32,36-38H2,3-5H3,(H,88,99)(H,89,108)(H,90,106)(H,91,107)(H,92,109)(H,93,110)(H,94,118)(H,100,101)(H,102,103)(H,104,105)(H,114,115)(H,116,117)(H4,79,80,82)(H3,81,85,95,96,111)/b86-35+/t44-,45-,48-,49-,52-,53-,54-,55-/m0/s1. The van der Waals surface area contributed by atoms with Crippen LogP contribution in [0.3, 0.4) is 0 Å². The number of amides is 9. The number of carboxylic acids is 5. The first-order valence-corrected chi connectivity index (χ1v) is 41.4. The van der Waals surface area contributed by atoms with Crippen LogP contribution >= 0.6 is 21.6 Å². The molecule has 20 N–H and O–H groups in total. The first kappa shape index (κ1) is 97.1. The first-order valence-electron chi connectivity index (χ1n) is 38.9. The highest BCUT2D eigenvalue weighted by atomic mass is 33.1. The Morgan fingerprint density at radius 1 is 0.683 bits per heavy atom. The largest absolute Gasteiger partial charge is 0.493 e. The first-order chi connectivity index (χ1) is 60.1. The summed E-state index contributed by atoms with van der Waals surface area (Å²) in [6.07, 6.45) is 0.768. The molecule has 9 amide bonds. The number of hydrogen-bond donors (Lipinski definition) is 18. The van der Waals surface area contributed by atoms with Gasteiger partial charge in [-0.15, -0.1) is 0 Å². The Balaban J connectivity index is 0.818. The molecule has 0 unspecified atom stereocenters. The van der Waals surface area contributed by atoms with Gasteiger partial charge in [0, 0.05) is 67.2 Å². The molecule has 48 heteroatoms. The summed E-state index contributed by atoms with van der Waals surface area (Å²) < 4.78 is 29.0. The maximum atomic E-state index is 14.4. The summed E-state index contributed by atoms with van der Waals surface area (Å²) in [6.45, 7) is 8.77. The van der Waals surface area contributed by atoms with Crippen LogP contribution in [0.25, 0.3) is 11.2 Å². The molecule has 8 atom stereocenters. The molecule has 2 saturated heterocycles. The number of methoxy groups -OCH3 is 2. The summed E-state index contributed by atoms with van der Waals surface area (Å²) in [7, 11) is 6.18. The molecule has 0 bridgehead atoms. The van der Waals surface area contributed by atoms with Crippen LogP contribution in [0.2, 0.25) is 0 Å². The summed E-state index contributed by atoms with van der Waals surface area (Å²) in [4.78, 5) is 225. The molecule has 8 rings (SSSR count). The third-order valence-corrected chi connectivity index (χ3v) is 21.5. The average Bonchev–Trinajstić information content (AvgIpc) is 1.60. The number of nitrogens with zero attached hydrogens (tertiary/aromatic N) is 7. The van der Waals surface area contributed by atoms with Gasteiger partial charge in [0.05, 0.1) is 113 Å². The number of hydrogen-bond acceptors (Lipinski definition) is 31. The van der Waals surface area contributed by atoms with E-state index in [1.807, 2.05) is 5.32 Å². The second-order valence-corrected chi connectivity index (χ2v) is 31.1. The van der Waals surface area contributed by atoms with Crippen molar-refractivity contribution < 1.29 is 121 Å². The Kier molecular flexibility index (Phi) is 36.5. The number of unbranched alkanes of at least 4 members (excludes halogenated alkanes) is 2. The lowest BCUT2D eigenvalue weighted by Gasteiger charge is -2.26. The number of oxime groups is 1. The normalized spacial score (nSPS) is 15.3. The van der Waals surface area contributed by atoms with Crippen molar-refractivity contribution in [2.75, 3.05) is 88.7 Å². The van der Waals surface area contributed by atoms with Crippen LogP contribution in [0.5, 0.6) is 23.0 Å². The van der Waals surface area contributed by atoms with Crippen molar-refractivity contribution in [1.82, 2.24) is 67.0 Å². The number of rotatable bonds is 50. The molecule has 0 radical (unpaired) electrons. The second-order valence-electron chi connectivity index (χ2n) is 28.5.